The van der Waals surface area contributed by atoms with Crippen molar-refractivity contribution in [3.05, 3.63) is 40.5 Å². The van der Waals surface area contributed by atoms with Crippen LogP contribution >= 0.6 is 11.3 Å². The van der Waals surface area contributed by atoms with E-state index in [9.17, 15) is 14.4 Å². The Morgan fingerprint density at radius 3 is 2.61 bits per heavy atom. The second-order valence-electron chi connectivity index (χ2n) is 11.9. The van der Waals surface area contributed by atoms with Crippen LogP contribution in [0.5, 0.6) is 0 Å². The third-order valence-corrected chi connectivity index (χ3v) is 9.60. The number of anilines is 3. The highest BCUT2D eigenvalue weighted by atomic mass is 32.1. The number of hydrogen-bond acceptors (Lipinski definition) is 7. The lowest BCUT2D eigenvalue weighted by atomic mass is 9.89. The van der Waals surface area contributed by atoms with Gasteiger partial charge < -0.3 is 20.0 Å². The molecule has 1 N–H and O–H groups in total. The highest BCUT2D eigenvalue weighted by Crippen LogP contribution is 2.41. The van der Waals surface area contributed by atoms with Gasteiger partial charge in [0.25, 0.3) is 0 Å². The number of benzene rings is 1. The molecule has 3 aliphatic rings. The lowest BCUT2D eigenvalue weighted by molar-refractivity contribution is -0.131. The molecule has 9 nitrogen and oxygen atoms in total. The number of rotatable bonds is 6. The van der Waals surface area contributed by atoms with Crippen LogP contribution in [0.1, 0.15) is 68.6 Å². The van der Waals surface area contributed by atoms with E-state index in [-0.39, 0.29) is 36.6 Å². The summed E-state index contributed by atoms with van der Waals surface area (Å²) in [6.07, 6.45) is 4.41. The predicted octanol–water partition coefficient (Wildman–Crippen LogP) is 4.74. The molecule has 216 valence electrons. The second kappa shape index (κ2) is 11.4. The van der Waals surface area contributed by atoms with Gasteiger partial charge in [-0.2, -0.15) is 0 Å². The fourth-order valence-corrected chi connectivity index (χ4v) is 7.52. The standard InChI is InChI=1S/C31H38N6O3S/c1-19(2)29-33-30(28-21-12-11-20(3)17-24(21)41-31(28)34-29)36-15-13-35(14-16-36)26(39)9-6-10-27(40)37-18-25(38)32-22-7-4-5-8-23(22)37/h4-5,7-8,19-20H,6,9-18H2,1-3H3,(H,32,38). The van der Waals surface area contributed by atoms with Crippen LogP contribution in [-0.4, -0.2) is 65.3 Å². The highest BCUT2D eigenvalue weighted by Gasteiger charge is 2.30. The third-order valence-electron chi connectivity index (χ3n) is 8.45. The predicted molar refractivity (Wildman–Crippen MR) is 163 cm³/mol. The Bertz CT molecular complexity index is 1490. The van der Waals surface area contributed by atoms with Crippen molar-refractivity contribution in [2.45, 2.75) is 65.2 Å². The molecule has 2 aromatic heterocycles. The molecule has 10 heteroatoms. The SMILES string of the molecule is CC1CCc2c(sc3nc(C(C)C)nc(N4CCN(C(=O)CCCC(=O)N5CC(=O)Nc6ccccc65)CC4)c23)C1. The van der Waals surface area contributed by atoms with Gasteiger partial charge in [0, 0.05) is 49.8 Å². The van der Waals surface area contributed by atoms with E-state index in [2.05, 4.69) is 31.0 Å². The third kappa shape index (κ3) is 5.54. The van der Waals surface area contributed by atoms with E-state index in [4.69, 9.17) is 9.97 Å². The van der Waals surface area contributed by atoms with Gasteiger partial charge in [0.2, 0.25) is 17.7 Å². The monoisotopic (exact) mass is 574 g/mol. The Labute approximate surface area is 244 Å². The zero-order valence-electron chi connectivity index (χ0n) is 24.1. The summed E-state index contributed by atoms with van der Waals surface area (Å²) < 4.78 is 0. The minimum atomic E-state index is -0.204. The largest absolute Gasteiger partial charge is 0.352 e. The lowest BCUT2D eigenvalue weighted by Crippen LogP contribution is -2.49. The van der Waals surface area contributed by atoms with Gasteiger partial charge in [0.05, 0.1) is 16.8 Å². The first kappa shape index (κ1) is 27.6. The number of aryl methyl sites for hydroxylation is 1. The van der Waals surface area contributed by atoms with E-state index in [0.717, 1.165) is 42.4 Å². The van der Waals surface area contributed by atoms with Crippen LogP contribution in [0, 0.1) is 5.92 Å². The maximum absolute atomic E-state index is 13.1. The van der Waals surface area contributed by atoms with Crippen LogP contribution in [0.25, 0.3) is 10.2 Å². The summed E-state index contributed by atoms with van der Waals surface area (Å²) in [6, 6.07) is 7.30. The number of para-hydroxylation sites is 2. The summed E-state index contributed by atoms with van der Waals surface area (Å²) in [7, 11) is 0. The van der Waals surface area contributed by atoms with Crippen molar-refractivity contribution in [3.8, 4) is 0 Å². The summed E-state index contributed by atoms with van der Waals surface area (Å²) in [6.45, 7) is 9.35. The smallest absolute Gasteiger partial charge is 0.244 e. The van der Waals surface area contributed by atoms with Crippen LogP contribution < -0.4 is 15.1 Å². The number of nitrogens with zero attached hydrogens (tertiary/aromatic N) is 5. The number of carbonyl (C=O) groups is 3. The molecule has 1 fully saturated rings. The molecule has 1 unspecified atom stereocenters. The molecule has 6 rings (SSSR count). The van der Waals surface area contributed by atoms with Crippen molar-refractivity contribution in [2.24, 2.45) is 5.92 Å². The van der Waals surface area contributed by atoms with Crippen molar-refractivity contribution < 1.29 is 14.4 Å². The highest BCUT2D eigenvalue weighted by molar-refractivity contribution is 7.19. The molecular formula is C31H38N6O3S. The molecule has 0 bridgehead atoms. The lowest BCUT2D eigenvalue weighted by Gasteiger charge is -2.36. The Morgan fingerprint density at radius 2 is 1.83 bits per heavy atom. The van der Waals surface area contributed by atoms with Crippen molar-refractivity contribution in [3.63, 3.8) is 0 Å². The van der Waals surface area contributed by atoms with Gasteiger partial charge in [-0.25, -0.2) is 9.97 Å². The Balaban J connectivity index is 1.08. The molecule has 3 aromatic rings. The zero-order chi connectivity index (χ0) is 28.7. The molecule has 2 aliphatic heterocycles. The average molecular weight is 575 g/mol. The summed E-state index contributed by atoms with van der Waals surface area (Å²) >= 11 is 1.84. The maximum Gasteiger partial charge on any atom is 0.244 e. The molecule has 1 saturated heterocycles. The zero-order valence-corrected chi connectivity index (χ0v) is 24.9. The van der Waals surface area contributed by atoms with E-state index in [1.54, 1.807) is 6.07 Å². The molecule has 1 aliphatic carbocycles. The van der Waals surface area contributed by atoms with Gasteiger partial charge in [0.15, 0.2) is 0 Å². The first-order valence-corrected chi connectivity index (χ1v) is 15.6. The first-order chi connectivity index (χ1) is 19.8. The number of hydrogen-bond donors (Lipinski definition) is 1. The van der Waals surface area contributed by atoms with Crippen LogP contribution in [0.4, 0.5) is 17.2 Å². The van der Waals surface area contributed by atoms with Gasteiger partial charge >= 0.3 is 0 Å². The van der Waals surface area contributed by atoms with E-state index in [0.29, 0.717) is 43.2 Å². The summed E-state index contributed by atoms with van der Waals surface area (Å²) in [4.78, 5) is 56.5. The molecule has 0 radical (unpaired) electrons. The fourth-order valence-electron chi connectivity index (χ4n) is 6.13. The molecule has 4 heterocycles. The quantitative estimate of drug-likeness (QED) is 0.457. The number of amides is 3. The Morgan fingerprint density at radius 1 is 1.07 bits per heavy atom. The van der Waals surface area contributed by atoms with Crippen LogP contribution in [0.3, 0.4) is 0 Å². The van der Waals surface area contributed by atoms with Crippen molar-refractivity contribution >= 4 is 56.5 Å². The Kier molecular flexibility index (Phi) is 7.68. The summed E-state index contributed by atoms with van der Waals surface area (Å²) in [5, 5.41) is 4.03. The normalized spacial score (nSPS) is 18.9. The van der Waals surface area contributed by atoms with Gasteiger partial charge in [0.1, 0.15) is 23.0 Å². The van der Waals surface area contributed by atoms with Crippen molar-refractivity contribution in [1.82, 2.24) is 14.9 Å². The first-order valence-electron chi connectivity index (χ1n) is 14.8. The second-order valence-corrected chi connectivity index (χ2v) is 12.9. The van der Waals surface area contributed by atoms with E-state index in [1.165, 1.54) is 27.1 Å². The molecule has 41 heavy (non-hydrogen) atoms. The molecular weight excluding hydrogens is 536 g/mol. The van der Waals surface area contributed by atoms with Crippen LogP contribution in [0.15, 0.2) is 24.3 Å². The number of piperazine rings is 1. The maximum atomic E-state index is 13.1. The Hall–Kier alpha value is -3.53. The average Bonchev–Trinajstić information content (AvgIpc) is 3.33. The number of fused-ring (bicyclic) bond motifs is 4. The summed E-state index contributed by atoms with van der Waals surface area (Å²) in [5.41, 5.74) is 2.79. The number of aromatic nitrogens is 2. The number of thiophene rings is 1. The minimum Gasteiger partial charge on any atom is -0.352 e. The fraction of sp³-hybridized carbons (Fsp3) is 0.516. The van der Waals surface area contributed by atoms with Crippen LogP contribution in [-0.2, 0) is 27.2 Å². The van der Waals surface area contributed by atoms with E-state index < -0.39 is 0 Å². The summed E-state index contributed by atoms with van der Waals surface area (Å²) in [5.74, 6) is 2.61. The molecule has 0 saturated carbocycles. The molecule has 3 amide bonds. The molecule has 0 spiro atoms. The number of carbonyl (C=O) groups excluding carboxylic acids is 3. The molecule has 1 aromatic carbocycles. The molecule has 1 atom stereocenters. The van der Waals surface area contributed by atoms with E-state index in [1.807, 2.05) is 34.4 Å². The van der Waals surface area contributed by atoms with Crippen molar-refractivity contribution in [2.75, 3.05) is 47.8 Å². The van der Waals surface area contributed by atoms with Gasteiger partial charge in [-0.05, 0) is 49.3 Å². The topological polar surface area (TPSA) is 98.7 Å². The van der Waals surface area contributed by atoms with Gasteiger partial charge in [-0.15, -0.1) is 11.3 Å². The number of nitrogens with one attached hydrogen (secondary N) is 1. The van der Waals surface area contributed by atoms with E-state index >= 15 is 0 Å². The van der Waals surface area contributed by atoms with Crippen molar-refractivity contribution in [1.29, 1.82) is 0 Å². The minimum absolute atomic E-state index is 0.00689. The van der Waals surface area contributed by atoms with Crippen LogP contribution in [0.2, 0.25) is 0 Å². The van der Waals surface area contributed by atoms with Gasteiger partial charge in [-0.3, -0.25) is 14.4 Å². The van der Waals surface area contributed by atoms with Gasteiger partial charge in [-0.1, -0.05) is 32.9 Å².